The number of aromatic nitrogens is 1. The van der Waals surface area contributed by atoms with Gasteiger partial charge in [0.15, 0.2) is 0 Å². The molecule has 1 aromatic carbocycles. The maximum absolute atomic E-state index is 9.70. The number of pyridine rings is 1. The van der Waals surface area contributed by atoms with E-state index in [4.69, 9.17) is 43.0 Å². The number of amides is 1. The van der Waals surface area contributed by atoms with Gasteiger partial charge in [-0.3, -0.25) is 9.78 Å². The van der Waals surface area contributed by atoms with Gasteiger partial charge in [-0.1, -0.05) is 23.2 Å². The molecule has 9 nitrogen and oxygen atoms in total. The second-order valence-corrected chi connectivity index (χ2v) is 5.69. The van der Waals surface area contributed by atoms with Crippen LogP contribution < -0.4 is 0 Å². The van der Waals surface area contributed by atoms with Crippen molar-refractivity contribution in [2.24, 2.45) is 5.10 Å². The van der Waals surface area contributed by atoms with Gasteiger partial charge in [-0.15, -0.1) is 0 Å². The molecule has 1 amide bonds. The Balaban J connectivity index is 0. The average molecular weight is 487 g/mol. The topological polar surface area (TPSA) is 161 Å². The monoisotopic (exact) mass is 486 g/mol. The molecule has 2 rings (SSSR count). The summed E-state index contributed by atoms with van der Waals surface area (Å²) in [5.74, 6) is -1.59. The van der Waals surface area contributed by atoms with Crippen molar-refractivity contribution in [2.45, 2.75) is 13.8 Å². The molecular formula is C17H19Cl2MnN3O6+4. The minimum Gasteiger partial charge on any atom is -0.565 e. The van der Waals surface area contributed by atoms with Gasteiger partial charge in [0, 0.05) is 38.8 Å². The summed E-state index contributed by atoms with van der Waals surface area (Å²) in [6.07, 6.45) is 4.28. The molecule has 6 N–H and O–H groups in total. The van der Waals surface area contributed by atoms with E-state index in [0.717, 1.165) is 0 Å². The van der Waals surface area contributed by atoms with Gasteiger partial charge < -0.3 is 25.8 Å². The molecule has 1 radical (unpaired) electrons. The Kier molecular flexibility index (Phi) is 15.1. The van der Waals surface area contributed by atoms with Crippen LogP contribution in [0.5, 0.6) is 5.75 Å². The van der Waals surface area contributed by atoms with Gasteiger partial charge in [0.05, 0.1) is 24.4 Å². The van der Waals surface area contributed by atoms with E-state index >= 15 is 0 Å². The van der Waals surface area contributed by atoms with Gasteiger partial charge in [-0.2, -0.15) is 0 Å². The zero-order chi connectivity index (χ0) is 21.7. The Morgan fingerprint density at radius 3 is 2.14 bits per heavy atom. The van der Waals surface area contributed by atoms with E-state index in [1.54, 1.807) is 12.1 Å². The van der Waals surface area contributed by atoms with Crippen LogP contribution in [-0.4, -0.2) is 49.2 Å². The number of hydrogen-bond acceptors (Lipinski definition) is 5. The van der Waals surface area contributed by atoms with Crippen molar-refractivity contribution >= 4 is 47.3 Å². The summed E-state index contributed by atoms with van der Waals surface area (Å²) in [4.78, 5) is 31.7. The molecule has 0 aliphatic rings. The molecule has 0 aliphatic heterocycles. The zero-order valence-corrected chi connectivity index (χ0v) is 17.9. The number of nitrogens with zero attached hydrogens (tertiary/aromatic N) is 3. The van der Waals surface area contributed by atoms with Crippen LogP contribution in [0.25, 0.3) is 5.43 Å². The van der Waals surface area contributed by atoms with Crippen molar-refractivity contribution in [2.75, 3.05) is 0 Å². The summed E-state index contributed by atoms with van der Waals surface area (Å²) in [6, 6.07) is 6.06. The number of phenols is 1. The second-order valence-electron chi connectivity index (χ2n) is 4.84. The van der Waals surface area contributed by atoms with Crippen LogP contribution in [0.2, 0.25) is 10.0 Å². The molecule has 155 valence electrons. The molecule has 1 aromatic heterocycles. The van der Waals surface area contributed by atoms with Gasteiger partial charge in [0.25, 0.3) is 5.91 Å². The molecule has 0 atom stereocenters. The molecule has 2 aromatic rings. The summed E-state index contributed by atoms with van der Waals surface area (Å²) >= 11 is 11.6. The Morgan fingerprint density at radius 2 is 1.66 bits per heavy atom. The predicted octanol–water partition coefficient (Wildman–Crippen LogP) is 1.86. The van der Waals surface area contributed by atoms with Gasteiger partial charge in [0.2, 0.25) is 0 Å². The van der Waals surface area contributed by atoms with E-state index in [0.29, 0.717) is 16.1 Å². The molecule has 0 spiro atoms. The number of phenolic OH excluding ortho intramolecular Hbond substituents is 1. The second kappa shape index (κ2) is 15.3. The molecule has 0 saturated carbocycles. The molecule has 0 unspecified atom stereocenters. The number of carbonyl (C=O) groups is 2. The first-order chi connectivity index (χ1) is 13.0. The van der Waals surface area contributed by atoms with E-state index < -0.39 is 11.9 Å². The largest absolute Gasteiger partial charge is 2.00 e. The average Bonchev–Trinajstić information content (AvgIpc) is 2.58. The summed E-state index contributed by atoms with van der Waals surface area (Å²) < 4.78 is 0. The van der Waals surface area contributed by atoms with Crippen LogP contribution in [0.4, 0.5) is 0 Å². The van der Waals surface area contributed by atoms with Crippen molar-refractivity contribution in [3.63, 3.8) is 0 Å². The zero-order valence-electron chi connectivity index (χ0n) is 15.2. The smallest absolute Gasteiger partial charge is 0.565 e. The van der Waals surface area contributed by atoms with Crippen LogP contribution >= 0.6 is 23.2 Å². The van der Waals surface area contributed by atoms with Gasteiger partial charge >= 0.3 is 29.0 Å². The van der Waals surface area contributed by atoms with Crippen molar-refractivity contribution < 1.29 is 46.8 Å². The number of aromatic hydroxyl groups is 1. The number of benzene rings is 1. The molecule has 29 heavy (non-hydrogen) atoms. The maximum atomic E-state index is 9.70. The van der Waals surface area contributed by atoms with Gasteiger partial charge in [-0.25, -0.2) is 0 Å². The first-order valence-corrected chi connectivity index (χ1v) is 8.12. The van der Waals surface area contributed by atoms with E-state index in [1.807, 2.05) is 0 Å². The van der Waals surface area contributed by atoms with Crippen molar-refractivity contribution in [1.82, 2.24) is 4.98 Å². The number of halogens is 2. The van der Waals surface area contributed by atoms with Crippen LogP contribution in [-0.2, 0) is 26.7 Å². The molecular weight excluding hydrogens is 468 g/mol. The van der Waals surface area contributed by atoms with Gasteiger partial charge in [-0.05, 0) is 24.3 Å². The number of hydrogen-bond donors (Lipinski definition) is 1. The van der Waals surface area contributed by atoms with E-state index in [2.05, 4.69) is 15.5 Å². The fraction of sp³-hybridized carbons (Fsp3) is 0.118. The fourth-order valence-corrected chi connectivity index (χ4v) is 1.90. The minimum atomic E-state index is -0.583. The Labute approximate surface area is 186 Å². The first-order valence-electron chi connectivity index (χ1n) is 7.37. The molecule has 12 heteroatoms. The predicted molar refractivity (Wildman–Crippen MR) is 108 cm³/mol. The standard InChI is InChI=1S/C13H9Cl2N3O2.2C2H4O2.Mn/c14-10-5-9(12(19)11(15)6-10)7-17-18-13(20)8-1-3-16-4-2-8;2*1-2(3)4;/h1-7H,(H2,16,17,18,19,20);2*1H3,(H,3,4);/q;;;+2/p+2. The van der Waals surface area contributed by atoms with Gasteiger partial charge in [0.1, 0.15) is 5.75 Å². The minimum absolute atomic E-state index is 0. The SMILES string of the molecule is CC(=O)[OH2+].CC(=O)[OH2+].Oc1c(Cl)cc(Cl)cc1C=N[N-]C(=[OH+])c1ccncc1.[Mn+2]. The normalized spacial score (nSPS) is 9.10. The van der Waals surface area contributed by atoms with E-state index in [1.165, 1.54) is 44.6 Å². The Morgan fingerprint density at radius 1 is 1.17 bits per heavy atom. The molecule has 0 fully saturated rings. The molecule has 0 bridgehead atoms. The van der Waals surface area contributed by atoms with Crippen LogP contribution in [0, 0.1) is 0 Å². The summed E-state index contributed by atoms with van der Waals surface area (Å²) in [6.45, 7) is 2.39. The maximum Gasteiger partial charge on any atom is 2.00 e. The Bertz CT molecular complexity index is 831. The van der Waals surface area contributed by atoms with Crippen LogP contribution in [0.15, 0.2) is 41.8 Å². The third-order valence-corrected chi connectivity index (χ3v) is 2.85. The summed E-state index contributed by atoms with van der Waals surface area (Å²) in [5.41, 5.74) is 4.38. The quantitative estimate of drug-likeness (QED) is 0.303. The van der Waals surface area contributed by atoms with E-state index in [9.17, 15) is 9.90 Å². The Hall–Kier alpha value is -2.65. The summed E-state index contributed by atoms with van der Waals surface area (Å²) in [5, 5.41) is 25.7. The first kappa shape index (κ1) is 28.6. The van der Waals surface area contributed by atoms with Crippen molar-refractivity contribution in [3.8, 4) is 5.75 Å². The van der Waals surface area contributed by atoms with Crippen LogP contribution in [0.3, 0.4) is 0 Å². The van der Waals surface area contributed by atoms with Crippen molar-refractivity contribution in [3.05, 3.63) is 63.3 Å². The fourth-order valence-electron chi connectivity index (χ4n) is 1.39. The number of rotatable bonds is 3. The molecule has 0 saturated heterocycles. The molecule has 1 heterocycles. The molecule has 0 aliphatic carbocycles. The number of carbonyl (C=O) groups excluding carboxylic acids is 3. The van der Waals surface area contributed by atoms with E-state index in [-0.39, 0.29) is 33.7 Å². The third kappa shape index (κ3) is 14.1. The third-order valence-electron chi connectivity index (χ3n) is 2.35. The summed E-state index contributed by atoms with van der Waals surface area (Å²) in [7, 11) is 0. The van der Waals surface area contributed by atoms with Crippen molar-refractivity contribution in [1.29, 1.82) is 0 Å². The van der Waals surface area contributed by atoms with Crippen LogP contribution in [0.1, 0.15) is 25.0 Å².